The number of nitrogen functional groups attached to an aromatic ring is 2. The number of hydrogen-bond acceptors (Lipinski definition) is 5. The van der Waals surface area contributed by atoms with Crippen LogP contribution >= 0.6 is 11.6 Å². The maximum atomic E-state index is 13.2. The Bertz CT molecular complexity index is 1280. The summed E-state index contributed by atoms with van der Waals surface area (Å²) in [6.07, 6.45) is 0.434. The highest BCUT2D eigenvalue weighted by Crippen LogP contribution is 2.35. The van der Waals surface area contributed by atoms with Crippen LogP contribution in [0.2, 0.25) is 5.02 Å². The molecule has 0 aliphatic carbocycles. The number of fused-ring (bicyclic) bond motifs is 4. The highest BCUT2D eigenvalue weighted by Gasteiger charge is 2.29. The van der Waals surface area contributed by atoms with Crippen molar-refractivity contribution < 1.29 is 4.79 Å². The van der Waals surface area contributed by atoms with E-state index < -0.39 is 0 Å². The Morgan fingerprint density at radius 3 is 2.59 bits per heavy atom. The van der Waals surface area contributed by atoms with Crippen molar-refractivity contribution in [1.82, 2.24) is 14.5 Å². The molecule has 0 radical (unpaired) electrons. The first-order valence-electron chi connectivity index (χ1n) is 9.09. The first-order chi connectivity index (χ1) is 14.0. The summed E-state index contributed by atoms with van der Waals surface area (Å²) in [5.41, 5.74) is 16.0. The van der Waals surface area contributed by atoms with Crippen LogP contribution in [-0.4, -0.2) is 20.4 Å². The van der Waals surface area contributed by atoms with E-state index in [2.05, 4.69) is 15.3 Å². The molecule has 2 aromatic heterocycles. The largest absolute Gasteiger partial charge is 0.383 e. The molecule has 144 valence electrons. The molecule has 4 aromatic rings. The quantitative estimate of drug-likeness (QED) is 0.473. The van der Waals surface area contributed by atoms with Gasteiger partial charge in [-0.05, 0) is 29.3 Å². The molecule has 5 N–H and O–H groups in total. The smallest absolute Gasteiger partial charge is 0.273 e. The van der Waals surface area contributed by atoms with Crippen molar-refractivity contribution in [2.24, 2.45) is 0 Å². The third-order valence-electron chi connectivity index (χ3n) is 5.19. The Kier molecular flexibility index (Phi) is 3.92. The third kappa shape index (κ3) is 2.87. The number of nitrogens with one attached hydrogen (secondary N) is 1. The lowest BCUT2D eigenvalue weighted by molar-refractivity contribution is 0.101. The lowest BCUT2D eigenvalue weighted by Gasteiger charge is -2.12. The van der Waals surface area contributed by atoms with Crippen LogP contribution in [0.5, 0.6) is 0 Å². The number of halogens is 1. The fourth-order valence-electron chi connectivity index (χ4n) is 3.89. The second-order valence-corrected chi connectivity index (χ2v) is 7.42. The summed E-state index contributed by atoms with van der Waals surface area (Å²) in [6, 6.07) is 15.5. The van der Waals surface area contributed by atoms with Crippen molar-refractivity contribution in [3.63, 3.8) is 0 Å². The van der Waals surface area contributed by atoms with Gasteiger partial charge in [-0.3, -0.25) is 4.79 Å². The molecule has 8 heteroatoms. The Hall–Kier alpha value is -3.58. The number of nitrogens with zero attached hydrogens (tertiary/aromatic N) is 3. The maximum Gasteiger partial charge on any atom is 0.273 e. The van der Waals surface area contributed by atoms with Gasteiger partial charge in [-0.2, -0.15) is 9.97 Å². The molecule has 0 fully saturated rings. The number of aromatic nitrogens is 3. The molecule has 1 aliphatic heterocycles. The summed E-state index contributed by atoms with van der Waals surface area (Å²) in [7, 11) is 0. The molecule has 29 heavy (non-hydrogen) atoms. The Balaban J connectivity index is 1.73. The van der Waals surface area contributed by atoms with Gasteiger partial charge in [-0.15, -0.1) is 0 Å². The van der Waals surface area contributed by atoms with Gasteiger partial charge in [-0.1, -0.05) is 41.9 Å². The first kappa shape index (κ1) is 17.5. The fraction of sp³-hybridized carbons (Fsp3) is 0.0952. The van der Waals surface area contributed by atoms with E-state index in [1.54, 1.807) is 0 Å². The minimum absolute atomic E-state index is 0.0297. The van der Waals surface area contributed by atoms with Gasteiger partial charge in [0.05, 0.1) is 0 Å². The number of rotatable bonds is 2. The van der Waals surface area contributed by atoms with E-state index in [0.717, 1.165) is 22.0 Å². The Labute approximate surface area is 171 Å². The summed E-state index contributed by atoms with van der Waals surface area (Å²) < 4.78 is 2.02. The second-order valence-electron chi connectivity index (χ2n) is 6.98. The number of para-hydroxylation sites is 1. The molecule has 5 rings (SSSR count). The predicted molar refractivity (Wildman–Crippen MR) is 114 cm³/mol. The van der Waals surface area contributed by atoms with E-state index >= 15 is 0 Å². The van der Waals surface area contributed by atoms with Crippen LogP contribution in [0.25, 0.3) is 10.9 Å². The highest BCUT2D eigenvalue weighted by molar-refractivity contribution is 6.30. The van der Waals surface area contributed by atoms with Crippen molar-refractivity contribution in [2.45, 2.75) is 13.0 Å². The van der Waals surface area contributed by atoms with Gasteiger partial charge >= 0.3 is 0 Å². The molecular weight excluding hydrogens is 388 g/mol. The molecule has 0 bridgehead atoms. The first-order valence-corrected chi connectivity index (χ1v) is 9.47. The second kappa shape index (κ2) is 6.49. The Morgan fingerprint density at radius 2 is 1.79 bits per heavy atom. The highest BCUT2D eigenvalue weighted by atomic mass is 35.5. The number of carbonyl (C=O) groups is 1. The average molecular weight is 405 g/mol. The van der Waals surface area contributed by atoms with Crippen LogP contribution in [0.15, 0.2) is 48.5 Å². The molecule has 0 saturated heterocycles. The average Bonchev–Trinajstić information content (AvgIpc) is 2.91. The zero-order valence-corrected chi connectivity index (χ0v) is 16.1. The van der Waals surface area contributed by atoms with E-state index in [-0.39, 0.29) is 17.7 Å². The summed E-state index contributed by atoms with van der Waals surface area (Å²) in [5.74, 6) is 0.414. The maximum absolute atomic E-state index is 13.2. The van der Waals surface area contributed by atoms with Crippen LogP contribution in [0, 0.1) is 0 Å². The van der Waals surface area contributed by atoms with E-state index in [1.165, 1.54) is 0 Å². The van der Waals surface area contributed by atoms with Crippen LogP contribution in [0.3, 0.4) is 0 Å². The van der Waals surface area contributed by atoms with Crippen LogP contribution in [0.1, 0.15) is 27.2 Å². The summed E-state index contributed by atoms with van der Waals surface area (Å²) >= 11 is 6.02. The van der Waals surface area contributed by atoms with Crippen molar-refractivity contribution in [2.75, 3.05) is 16.8 Å². The third-order valence-corrected chi connectivity index (χ3v) is 5.44. The zero-order valence-electron chi connectivity index (χ0n) is 15.3. The molecular formula is C21H17ClN6O. The van der Waals surface area contributed by atoms with Gasteiger partial charge in [0.1, 0.15) is 17.3 Å². The van der Waals surface area contributed by atoms with Gasteiger partial charge in [0, 0.05) is 34.5 Å². The normalized spacial score (nSPS) is 12.9. The summed E-state index contributed by atoms with van der Waals surface area (Å²) in [5, 5.41) is 4.53. The molecule has 3 heterocycles. The van der Waals surface area contributed by atoms with E-state index in [0.29, 0.717) is 35.1 Å². The van der Waals surface area contributed by atoms with Crippen molar-refractivity contribution in [3.8, 4) is 0 Å². The lowest BCUT2D eigenvalue weighted by atomic mass is 10.0. The SMILES string of the molecule is Nc1nc(N)c2c(n1)NC(=O)c1c(c3ccccc3n1Cc1ccc(Cl)cc1)C2. The van der Waals surface area contributed by atoms with E-state index in [1.807, 2.05) is 53.1 Å². The molecule has 1 amide bonds. The number of amides is 1. The van der Waals surface area contributed by atoms with Crippen molar-refractivity contribution in [1.29, 1.82) is 0 Å². The molecule has 0 atom stereocenters. The van der Waals surface area contributed by atoms with E-state index in [9.17, 15) is 4.79 Å². The number of benzene rings is 2. The molecule has 2 aromatic carbocycles. The lowest BCUT2D eigenvalue weighted by Crippen LogP contribution is -2.19. The number of hydrogen-bond donors (Lipinski definition) is 3. The Morgan fingerprint density at radius 1 is 1.03 bits per heavy atom. The van der Waals surface area contributed by atoms with Gasteiger partial charge in [0.15, 0.2) is 0 Å². The monoisotopic (exact) mass is 404 g/mol. The molecule has 0 spiro atoms. The van der Waals surface area contributed by atoms with Gasteiger partial charge in [0.2, 0.25) is 5.95 Å². The predicted octanol–water partition coefficient (Wildman–Crippen LogP) is 3.45. The van der Waals surface area contributed by atoms with Crippen LogP contribution < -0.4 is 16.8 Å². The van der Waals surface area contributed by atoms with Crippen molar-refractivity contribution >= 4 is 46.0 Å². The molecule has 0 unspecified atom stereocenters. The molecule has 7 nitrogen and oxygen atoms in total. The standard InChI is InChI=1S/C21H17ClN6O/c22-12-7-5-11(6-8-12)10-28-16-4-2-1-3-13(16)14-9-15-18(23)25-21(24)27-19(15)26-20(29)17(14)28/h1-8H,9-10H2,(H5,23,24,25,26,27,29). The zero-order chi connectivity index (χ0) is 20.1. The van der Waals surface area contributed by atoms with Gasteiger partial charge in [0.25, 0.3) is 5.91 Å². The topological polar surface area (TPSA) is 112 Å². The summed E-state index contributed by atoms with van der Waals surface area (Å²) in [4.78, 5) is 21.5. The molecule has 0 saturated carbocycles. The minimum atomic E-state index is -0.249. The van der Waals surface area contributed by atoms with Crippen molar-refractivity contribution in [3.05, 3.63) is 75.9 Å². The van der Waals surface area contributed by atoms with Crippen LogP contribution in [-0.2, 0) is 13.0 Å². The number of carbonyl (C=O) groups excluding carboxylic acids is 1. The minimum Gasteiger partial charge on any atom is -0.383 e. The number of nitrogens with two attached hydrogens (primary N) is 2. The van der Waals surface area contributed by atoms with Crippen LogP contribution in [0.4, 0.5) is 17.6 Å². The number of anilines is 3. The summed E-state index contributed by atoms with van der Waals surface area (Å²) in [6.45, 7) is 0.528. The van der Waals surface area contributed by atoms with Gasteiger partial charge < -0.3 is 21.4 Å². The molecule has 1 aliphatic rings. The van der Waals surface area contributed by atoms with Gasteiger partial charge in [-0.25, -0.2) is 0 Å². The fourth-order valence-corrected chi connectivity index (χ4v) is 4.02. The van der Waals surface area contributed by atoms with E-state index in [4.69, 9.17) is 23.1 Å².